The van der Waals surface area contributed by atoms with E-state index in [1.807, 2.05) is 0 Å². The molecule has 0 fully saturated rings. The Labute approximate surface area is 196 Å². The van der Waals surface area contributed by atoms with E-state index in [2.05, 4.69) is 158 Å². The van der Waals surface area contributed by atoms with Crippen LogP contribution < -0.4 is 9.60 Å². The molecule has 0 saturated heterocycles. The first-order valence-corrected chi connectivity index (χ1v) is 11.3. The van der Waals surface area contributed by atoms with E-state index in [0.717, 1.165) is 28.4 Å². The average molecular weight is 428 g/mol. The van der Waals surface area contributed by atoms with Gasteiger partial charge in [0.25, 0.3) is 0 Å². The molecule has 5 aromatic rings. The number of aryl methyl sites for hydroxylation is 1. The molecule has 0 spiro atoms. The molecule has 0 heterocycles. The maximum atomic E-state index is 2.44. The highest BCUT2D eigenvalue weighted by molar-refractivity contribution is 5.82. The average Bonchev–Trinajstić information content (AvgIpc) is 2.90. The van der Waals surface area contributed by atoms with Crippen LogP contribution in [0.15, 0.2) is 146 Å². The fourth-order valence-electron chi connectivity index (χ4n) is 4.57. The van der Waals surface area contributed by atoms with Crippen molar-refractivity contribution in [1.82, 2.24) is 4.59 Å². The van der Waals surface area contributed by atoms with E-state index in [1.54, 1.807) is 0 Å². The summed E-state index contributed by atoms with van der Waals surface area (Å²) in [6.07, 6.45) is 0. The maximum absolute atomic E-state index is 2.44. The number of anilines is 2. The molecule has 160 valence electrons. The predicted molar refractivity (Wildman–Crippen MR) is 140 cm³/mol. The van der Waals surface area contributed by atoms with Crippen LogP contribution in [0.2, 0.25) is 0 Å². The topological polar surface area (TPSA) is 3.24 Å². The molecule has 0 saturated carbocycles. The fourth-order valence-corrected chi connectivity index (χ4v) is 4.57. The third kappa shape index (κ3) is 3.71. The van der Waals surface area contributed by atoms with Crippen molar-refractivity contribution < 1.29 is 0 Å². The molecule has 5 rings (SSSR count). The van der Waals surface area contributed by atoms with Crippen LogP contribution in [0.1, 0.15) is 5.56 Å². The standard InChI is InChI=1S/C31H27N2/c1-26-16-14-15-25-31(26)32(27-17-6-2-7-18-27)33(28-19-8-3-9-20-28,29-21-10-4-11-22-29)30-23-12-5-13-24-30/h2-25H,1H3/q+1. The summed E-state index contributed by atoms with van der Waals surface area (Å²) in [6, 6.07) is 51.5. The van der Waals surface area contributed by atoms with Crippen LogP contribution in [0.5, 0.6) is 0 Å². The smallest absolute Gasteiger partial charge is 0.168 e. The molecule has 5 aromatic carbocycles. The number of para-hydroxylation sites is 5. The van der Waals surface area contributed by atoms with Gasteiger partial charge in [0.15, 0.2) is 17.1 Å². The molecule has 2 heteroatoms. The Bertz CT molecular complexity index is 1200. The Morgan fingerprint density at radius 3 is 1.21 bits per heavy atom. The van der Waals surface area contributed by atoms with Gasteiger partial charge in [-0.25, -0.2) is 0 Å². The first kappa shape index (κ1) is 20.7. The number of nitrogens with zero attached hydrogens (tertiary/aromatic N) is 2. The molecule has 0 aromatic heterocycles. The molecule has 0 unspecified atom stereocenters. The summed E-state index contributed by atoms with van der Waals surface area (Å²) in [7, 11) is 0. The highest BCUT2D eigenvalue weighted by Crippen LogP contribution is 2.50. The van der Waals surface area contributed by atoms with Crippen LogP contribution in [-0.4, -0.2) is 0 Å². The fraction of sp³-hybridized carbons (Fsp3) is 0.0323. The summed E-state index contributed by atoms with van der Waals surface area (Å²) in [5.74, 6) is 0. The lowest BCUT2D eigenvalue weighted by Gasteiger charge is -2.45. The van der Waals surface area contributed by atoms with E-state index in [-0.39, 0.29) is 0 Å². The minimum Gasteiger partial charge on any atom is -0.177 e. The molecular weight excluding hydrogens is 400 g/mol. The number of rotatable bonds is 6. The summed E-state index contributed by atoms with van der Waals surface area (Å²) in [4.78, 5) is 0. The molecule has 0 N–H and O–H groups in total. The van der Waals surface area contributed by atoms with Crippen molar-refractivity contribution in [2.75, 3.05) is 5.01 Å². The Kier molecular flexibility index (Phi) is 5.75. The van der Waals surface area contributed by atoms with Crippen molar-refractivity contribution in [2.45, 2.75) is 6.92 Å². The zero-order chi connectivity index (χ0) is 22.5. The van der Waals surface area contributed by atoms with Gasteiger partial charge in [0.2, 0.25) is 0 Å². The quantitative estimate of drug-likeness (QED) is 0.193. The van der Waals surface area contributed by atoms with Gasteiger partial charge in [-0.1, -0.05) is 91.0 Å². The molecule has 33 heavy (non-hydrogen) atoms. The summed E-state index contributed by atoms with van der Waals surface area (Å²) >= 11 is 0. The second-order valence-electron chi connectivity index (χ2n) is 8.08. The number of quaternary nitrogens is 1. The van der Waals surface area contributed by atoms with Gasteiger partial charge in [-0.3, -0.25) is 0 Å². The molecule has 0 aliphatic rings. The van der Waals surface area contributed by atoms with E-state index in [4.69, 9.17) is 0 Å². The highest BCUT2D eigenvalue weighted by Gasteiger charge is 2.45. The molecule has 2 nitrogen and oxygen atoms in total. The predicted octanol–water partition coefficient (Wildman–Crippen LogP) is 8.72. The van der Waals surface area contributed by atoms with Gasteiger partial charge < -0.3 is 0 Å². The Hall–Kier alpha value is -4.14. The Morgan fingerprint density at radius 2 is 0.788 bits per heavy atom. The van der Waals surface area contributed by atoms with Gasteiger partial charge in [0, 0.05) is 36.4 Å². The lowest BCUT2D eigenvalue weighted by atomic mass is 10.1. The van der Waals surface area contributed by atoms with Crippen LogP contribution in [0.25, 0.3) is 0 Å². The highest BCUT2D eigenvalue weighted by atomic mass is 15.8. The SMILES string of the molecule is Cc1ccccc1N(c1ccccc1)[N+](c1ccccc1)(c1ccccc1)c1ccccc1. The van der Waals surface area contributed by atoms with E-state index < -0.39 is 0 Å². The van der Waals surface area contributed by atoms with Gasteiger partial charge in [-0.15, -0.1) is 4.59 Å². The lowest BCUT2D eigenvalue weighted by molar-refractivity contribution is 0.526. The zero-order valence-corrected chi connectivity index (χ0v) is 18.8. The normalized spacial score (nSPS) is 11.2. The van der Waals surface area contributed by atoms with E-state index in [9.17, 15) is 0 Å². The molecule has 0 aliphatic carbocycles. The number of benzene rings is 5. The lowest BCUT2D eigenvalue weighted by Crippen LogP contribution is -2.52. The van der Waals surface area contributed by atoms with Crippen LogP contribution in [0.3, 0.4) is 0 Å². The summed E-state index contributed by atoms with van der Waals surface area (Å²) in [6.45, 7) is 2.18. The van der Waals surface area contributed by atoms with E-state index >= 15 is 0 Å². The van der Waals surface area contributed by atoms with Crippen LogP contribution in [-0.2, 0) is 0 Å². The minimum atomic E-state index is 0.400. The molecule has 0 aliphatic heterocycles. The zero-order valence-electron chi connectivity index (χ0n) is 18.8. The number of hydrogen-bond acceptors (Lipinski definition) is 1. The van der Waals surface area contributed by atoms with Gasteiger partial charge in [-0.05, 0) is 30.7 Å². The Morgan fingerprint density at radius 1 is 0.424 bits per heavy atom. The summed E-state index contributed by atoms with van der Waals surface area (Å²) in [5, 5.41) is 2.44. The Balaban J connectivity index is 1.97. The van der Waals surface area contributed by atoms with Gasteiger partial charge in [0.1, 0.15) is 0 Å². The maximum Gasteiger partial charge on any atom is 0.168 e. The molecule has 0 amide bonds. The van der Waals surface area contributed by atoms with Gasteiger partial charge >= 0.3 is 0 Å². The second-order valence-corrected chi connectivity index (χ2v) is 8.08. The van der Waals surface area contributed by atoms with Crippen molar-refractivity contribution in [1.29, 1.82) is 0 Å². The first-order valence-electron chi connectivity index (χ1n) is 11.3. The summed E-state index contributed by atoms with van der Waals surface area (Å²) in [5.41, 5.74) is 6.95. The van der Waals surface area contributed by atoms with Crippen molar-refractivity contribution in [2.24, 2.45) is 0 Å². The summed E-state index contributed by atoms with van der Waals surface area (Å²) < 4.78 is 0.400. The molecule has 0 bridgehead atoms. The van der Waals surface area contributed by atoms with Crippen molar-refractivity contribution in [3.05, 3.63) is 151 Å². The minimum absolute atomic E-state index is 0.400. The second kappa shape index (κ2) is 9.15. The molecule has 0 atom stereocenters. The van der Waals surface area contributed by atoms with Gasteiger partial charge in [0.05, 0.1) is 11.4 Å². The van der Waals surface area contributed by atoms with Crippen molar-refractivity contribution in [3.8, 4) is 0 Å². The van der Waals surface area contributed by atoms with Crippen molar-refractivity contribution in [3.63, 3.8) is 0 Å². The third-order valence-corrected chi connectivity index (χ3v) is 6.03. The third-order valence-electron chi connectivity index (χ3n) is 6.03. The van der Waals surface area contributed by atoms with Crippen LogP contribution >= 0.6 is 0 Å². The monoisotopic (exact) mass is 427 g/mol. The van der Waals surface area contributed by atoms with Crippen LogP contribution in [0, 0.1) is 6.92 Å². The van der Waals surface area contributed by atoms with Crippen molar-refractivity contribution >= 4 is 28.4 Å². The molecular formula is C31H27N2+. The largest absolute Gasteiger partial charge is 0.177 e. The van der Waals surface area contributed by atoms with E-state index in [0.29, 0.717) is 4.59 Å². The number of hydrogen-bond donors (Lipinski definition) is 0. The first-order chi connectivity index (χ1) is 16.3. The molecule has 0 radical (unpaired) electrons. The van der Waals surface area contributed by atoms with Gasteiger partial charge in [-0.2, -0.15) is 5.01 Å². The van der Waals surface area contributed by atoms with Crippen LogP contribution in [0.4, 0.5) is 28.4 Å². The van der Waals surface area contributed by atoms with E-state index in [1.165, 1.54) is 5.56 Å².